The molecule has 0 aliphatic heterocycles. The topological polar surface area (TPSA) is 52.6 Å². The summed E-state index contributed by atoms with van der Waals surface area (Å²) in [6, 6.07) is 8.05. The van der Waals surface area contributed by atoms with Crippen molar-refractivity contribution >= 4 is 0 Å². The summed E-state index contributed by atoms with van der Waals surface area (Å²) < 4.78 is 0. The van der Waals surface area contributed by atoms with E-state index in [9.17, 15) is 10.2 Å². The molecule has 0 bridgehead atoms. The van der Waals surface area contributed by atoms with Crippen LogP contribution in [0.25, 0.3) is 0 Å². The van der Waals surface area contributed by atoms with Gasteiger partial charge in [0.2, 0.25) is 0 Å². The number of rotatable bonds is 7. The third-order valence-corrected chi connectivity index (χ3v) is 5.89. The van der Waals surface area contributed by atoms with Gasteiger partial charge in [0.15, 0.2) is 0 Å². The first-order chi connectivity index (χ1) is 14.6. The van der Waals surface area contributed by atoms with Gasteiger partial charge < -0.3 is 15.1 Å². The normalized spacial score (nSPS) is 12.8. The summed E-state index contributed by atoms with van der Waals surface area (Å²) in [4.78, 5) is 4.38. The maximum atomic E-state index is 13.3. The zero-order valence-corrected chi connectivity index (χ0v) is 21.8. The molecule has 0 saturated carbocycles. The Hall–Kier alpha value is -2.04. The van der Waals surface area contributed by atoms with Crippen molar-refractivity contribution in [1.82, 2.24) is 9.80 Å². The molecular formula is C28H42N2O2-2. The largest absolute Gasteiger partial charge is 0.872 e. The lowest BCUT2D eigenvalue weighted by molar-refractivity contribution is -0.271. The number of nitrogens with zero attached hydrogens (tertiary/aromatic N) is 2. The number of hydrogen-bond donors (Lipinski definition) is 0. The van der Waals surface area contributed by atoms with Crippen molar-refractivity contribution in [2.45, 2.75) is 79.3 Å². The highest BCUT2D eigenvalue weighted by molar-refractivity contribution is 5.47. The molecule has 4 nitrogen and oxygen atoms in total. The van der Waals surface area contributed by atoms with Gasteiger partial charge in [0, 0.05) is 26.2 Å². The Balaban J connectivity index is 2.46. The van der Waals surface area contributed by atoms with Gasteiger partial charge in [-0.05, 0) is 61.0 Å². The van der Waals surface area contributed by atoms with E-state index >= 15 is 0 Å². The molecule has 2 rings (SSSR count). The average Bonchev–Trinajstić information content (AvgIpc) is 2.63. The fourth-order valence-corrected chi connectivity index (χ4v) is 4.08. The van der Waals surface area contributed by atoms with Crippen LogP contribution in [0.4, 0.5) is 0 Å². The minimum absolute atomic E-state index is 0.125. The first-order valence-corrected chi connectivity index (χ1v) is 11.6. The van der Waals surface area contributed by atoms with Crippen LogP contribution in [0.5, 0.6) is 11.5 Å². The fourth-order valence-electron chi connectivity index (χ4n) is 4.08. The number of hydrogen-bond acceptors (Lipinski definition) is 4. The quantitative estimate of drug-likeness (QED) is 0.633. The Morgan fingerprint density at radius 1 is 0.656 bits per heavy atom. The van der Waals surface area contributed by atoms with Crippen LogP contribution in [0.15, 0.2) is 24.3 Å². The molecule has 0 N–H and O–H groups in total. The summed E-state index contributed by atoms with van der Waals surface area (Å²) in [5.41, 5.74) is 5.14. The van der Waals surface area contributed by atoms with Crippen LogP contribution >= 0.6 is 0 Å². The zero-order valence-electron chi connectivity index (χ0n) is 21.8. The highest BCUT2D eigenvalue weighted by atomic mass is 16.3. The molecule has 0 saturated heterocycles. The summed E-state index contributed by atoms with van der Waals surface area (Å²) in [6.45, 7) is 19.3. The molecule has 0 aliphatic carbocycles. The smallest absolute Gasteiger partial charge is 0.0231 e. The van der Waals surface area contributed by atoms with Gasteiger partial charge in [-0.2, -0.15) is 0 Å². The number of likely N-dealkylation sites (N-methyl/N-ethyl adjacent to an activating group) is 1. The highest BCUT2D eigenvalue weighted by Crippen LogP contribution is 2.35. The Morgan fingerprint density at radius 2 is 1.03 bits per heavy atom. The molecule has 32 heavy (non-hydrogen) atoms. The van der Waals surface area contributed by atoms with Crippen molar-refractivity contribution in [3.8, 4) is 11.5 Å². The van der Waals surface area contributed by atoms with Crippen LogP contribution in [-0.4, -0.2) is 37.0 Å². The second-order valence-electron chi connectivity index (χ2n) is 11.6. The molecular weight excluding hydrogens is 396 g/mol. The maximum absolute atomic E-state index is 13.3. The number of aryl methyl sites for hydroxylation is 2. The Morgan fingerprint density at radius 3 is 1.34 bits per heavy atom. The van der Waals surface area contributed by atoms with Crippen LogP contribution in [0.2, 0.25) is 0 Å². The number of benzene rings is 2. The molecule has 0 atom stereocenters. The van der Waals surface area contributed by atoms with E-state index in [2.05, 4.69) is 51.3 Å². The predicted octanol–water partition coefficient (Wildman–Crippen LogP) is 4.61. The summed E-state index contributed by atoms with van der Waals surface area (Å²) in [5.74, 6) is 0.250. The standard InChI is InChI=1S/C28H44N2O2/c1-19-13-21(25(31)23(15-19)27(3,4)5)17-30(12-11-29(9)10)18-22-14-20(2)16-24(26(22)32)28(6,7)8/h13-16,31-32H,11-12,17-18H2,1-10H3/p-2. The summed E-state index contributed by atoms with van der Waals surface area (Å²) in [7, 11) is 4.09. The van der Waals surface area contributed by atoms with E-state index in [0.717, 1.165) is 46.5 Å². The lowest BCUT2D eigenvalue weighted by atomic mass is 9.83. The van der Waals surface area contributed by atoms with E-state index in [1.54, 1.807) is 0 Å². The molecule has 2 aromatic carbocycles. The molecule has 4 heteroatoms. The van der Waals surface area contributed by atoms with Crippen molar-refractivity contribution < 1.29 is 10.2 Å². The van der Waals surface area contributed by atoms with Gasteiger partial charge in [-0.15, -0.1) is 11.5 Å². The Bertz CT molecular complexity index is 862. The molecule has 0 spiro atoms. The van der Waals surface area contributed by atoms with Crippen molar-refractivity contribution in [2.24, 2.45) is 0 Å². The fraction of sp³-hybridized carbons (Fsp3) is 0.571. The second kappa shape index (κ2) is 9.84. The van der Waals surface area contributed by atoms with E-state index in [1.807, 2.05) is 52.2 Å². The Kier molecular flexibility index (Phi) is 8.06. The van der Waals surface area contributed by atoms with Crippen molar-refractivity contribution in [2.75, 3.05) is 27.2 Å². The third-order valence-electron chi connectivity index (χ3n) is 5.89. The van der Waals surface area contributed by atoms with Crippen molar-refractivity contribution in [3.63, 3.8) is 0 Å². The van der Waals surface area contributed by atoms with Crippen LogP contribution < -0.4 is 10.2 Å². The SMILES string of the molecule is Cc1cc(CN(CCN(C)C)Cc2cc(C)cc(C(C)(C)C)c2[O-])c([O-])c(C(C)(C)C)c1. The van der Waals surface area contributed by atoms with E-state index in [-0.39, 0.29) is 22.3 Å². The van der Waals surface area contributed by atoms with E-state index < -0.39 is 0 Å². The van der Waals surface area contributed by atoms with E-state index in [4.69, 9.17) is 0 Å². The lowest BCUT2D eigenvalue weighted by Gasteiger charge is -2.34. The summed E-state index contributed by atoms with van der Waals surface area (Å²) in [5, 5.41) is 26.6. The summed E-state index contributed by atoms with van der Waals surface area (Å²) >= 11 is 0. The predicted molar refractivity (Wildman–Crippen MR) is 131 cm³/mol. The first kappa shape index (κ1) is 26.2. The van der Waals surface area contributed by atoms with Gasteiger partial charge >= 0.3 is 0 Å². The van der Waals surface area contributed by atoms with Gasteiger partial charge in [-0.25, -0.2) is 0 Å². The van der Waals surface area contributed by atoms with Gasteiger partial charge in [-0.3, -0.25) is 4.90 Å². The molecule has 0 radical (unpaired) electrons. The molecule has 0 heterocycles. The maximum Gasteiger partial charge on any atom is 0.0231 e. The monoisotopic (exact) mass is 438 g/mol. The molecule has 2 aromatic rings. The molecule has 0 unspecified atom stereocenters. The second-order valence-corrected chi connectivity index (χ2v) is 11.6. The summed E-state index contributed by atoms with van der Waals surface area (Å²) in [6.07, 6.45) is 0. The molecule has 0 fully saturated rings. The average molecular weight is 439 g/mol. The molecule has 0 aliphatic rings. The minimum atomic E-state index is -0.202. The van der Waals surface area contributed by atoms with Gasteiger partial charge in [0.1, 0.15) is 0 Å². The van der Waals surface area contributed by atoms with Gasteiger partial charge in [-0.1, -0.05) is 76.9 Å². The third kappa shape index (κ3) is 6.73. The molecule has 0 amide bonds. The van der Waals surface area contributed by atoms with E-state index in [1.165, 1.54) is 0 Å². The van der Waals surface area contributed by atoms with Crippen LogP contribution in [-0.2, 0) is 23.9 Å². The van der Waals surface area contributed by atoms with Crippen molar-refractivity contribution in [3.05, 3.63) is 57.6 Å². The zero-order chi connectivity index (χ0) is 24.4. The van der Waals surface area contributed by atoms with E-state index in [0.29, 0.717) is 13.1 Å². The van der Waals surface area contributed by atoms with Crippen LogP contribution in [0, 0.1) is 13.8 Å². The van der Waals surface area contributed by atoms with Gasteiger partial charge in [0.05, 0.1) is 0 Å². The Labute approximate surface area is 195 Å². The highest BCUT2D eigenvalue weighted by Gasteiger charge is 2.20. The van der Waals surface area contributed by atoms with Crippen LogP contribution in [0.1, 0.15) is 74.9 Å². The lowest BCUT2D eigenvalue weighted by Crippen LogP contribution is -2.32. The van der Waals surface area contributed by atoms with Gasteiger partial charge in [0.25, 0.3) is 0 Å². The molecule has 0 aromatic heterocycles. The first-order valence-electron chi connectivity index (χ1n) is 11.6. The van der Waals surface area contributed by atoms with Crippen molar-refractivity contribution in [1.29, 1.82) is 0 Å². The molecule has 178 valence electrons. The van der Waals surface area contributed by atoms with Crippen LogP contribution in [0.3, 0.4) is 0 Å². The minimum Gasteiger partial charge on any atom is -0.872 e.